The number of fused-ring (bicyclic) bond motifs is 1. The maximum Gasteiger partial charge on any atom is 0.266 e. The van der Waals surface area contributed by atoms with Gasteiger partial charge in [-0.05, 0) is 31.1 Å². The third kappa shape index (κ3) is 2.57. The Kier molecular flexibility index (Phi) is 4.01. The van der Waals surface area contributed by atoms with Crippen molar-refractivity contribution >= 4 is 17.0 Å². The van der Waals surface area contributed by atoms with E-state index in [1.165, 1.54) is 12.8 Å². The van der Waals surface area contributed by atoms with E-state index >= 15 is 0 Å². The van der Waals surface area contributed by atoms with Gasteiger partial charge in [0.15, 0.2) is 5.65 Å². The van der Waals surface area contributed by atoms with Crippen molar-refractivity contribution < 1.29 is 0 Å². The van der Waals surface area contributed by atoms with Crippen molar-refractivity contribution in [1.29, 1.82) is 0 Å². The van der Waals surface area contributed by atoms with Crippen molar-refractivity contribution in [3.05, 3.63) is 40.7 Å². The molecule has 1 aliphatic heterocycles. The lowest BCUT2D eigenvalue weighted by atomic mass is 9.74. The van der Waals surface area contributed by atoms with E-state index in [0.717, 1.165) is 43.6 Å². The van der Waals surface area contributed by atoms with Crippen LogP contribution in [-0.4, -0.2) is 38.9 Å². The van der Waals surface area contributed by atoms with Gasteiger partial charge in [0.05, 0.1) is 5.69 Å². The summed E-state index contributed by atoms with van der Waals surface area (Å²) in [5, 5.41) is 7.90. The summed E-state index contributed by atoms with van der Waals surface area (Å²) < 4.78 is 1.66. The first-order valence-electron chi connectivity index (χ1n) is 10.1. The third-order valence-electron chi connectivity index (χ3n) is 6.85. The number of piperidine rings is 1. The molecule has 3 N–H and O–H groups in total. The molecule has 5 rings (SSSR count). The topological polar surface area (TPSA) is 92.8 Å². The third-order valence-corrected chi connectivity index (χ3v) is 6.85. The van der Waals surface area contributed by atoms with Crippen LogP contribution in [0.2, 0.25) is 0 Å². The van der Waals surface area contributed by atoms with E-state index in [-0.39, 0.29) is 11.0 Å². The van der Waals surface area contributed by atoms with Crippen molar-refractivity contribution in [1.82, 2.24) is 19.7 Å². The first-order chi connectivity index (χ1) is 13.6. The van der Waals surface area contributed by atoms with Gasteiger partial charge in [-0.15, -0.1) is 0 Å². The highest BCUT2D eigenvalue weighted by Crippen LogP contribution is 2.45. The van der Waals surface area contributed by atoms with Crippen molar-refractivity contribution in [3.8, 4) is 11.3 Å². The van der Waals surface area contributed by atoms with E-state index < -0.39 is 0 Å². The molecule has 2 aromatic heterocycles. The van der Waals surface area contributed by atoms with Gasteiger partial charge in [-0.2, -0.15) is 10.1 Å². The van der Waals surface area contributed by atoms with Crippen molar-refractivity contribution in [2.45, 2.75) is 38.1 Å². The number of benzene rings is 1. The first kappa shape index (κ1) is 17.4. The van der Waals surface area contributed by atoms with Crippen molar-refractivity contribution in [2.75, 3.05) is 18.0 Å². The summed E-state index contributed by atoms with van der Waals surface area (Å²) in [7, 11) is 1.80. The number of nitrogens with two attached hydrogens (primary N) is 1. The lowest BCUT2D eigenvalue weighted by molar-refractivity contribution is 0.196. The van der Waals surface area contributed by atoms with Gasteiger partial charge < -0.3 is 10.6 Å². The van der Waals surface area contributed by atoms with Crippen LogP contribution in [0.3, 0.4) is 0 Å². The van der Waals surface area contributed by atoms with Crippen LogP contribution in [0.5, 0.6) is 0 Å². The van der Waals surface area contributed by atoms with E-state index in [1.807, 2.05) is 30.3 Å². The Morgan fingerprint density at radius 2 is 1.93 bits per heavy atom. The highest BCUT2D eigenvalue weighted by molar-refractivity contribution is 5.90. The van der Waals surface area contributed by atoms with Gasteiger partial charge in [0, 0.05) is 31.7 Å². The molecule has 7 nitrogen and oxygen atoms in total. The molecular weight excluding hydrogens is 352 g/mol. The molecule has 1 aliphatic carbocycles. The Morgan fingerprint density at radius 1 is 1.18 bits per heavy atom. The molecule has 28 heavy (non-hydrogen) atoms. The summed E-state index contributed by atoms with van der Waals surface area (Å²) in [5.41, 5.74) is 8.78. The number of nitrogens with zero attached hydrogens (tertiary/aromatic N) is 4. The Labute approximate surface area is 163 Å². The van der Waals surface area contributed by atoms with Gasteiger partial charge in [0.25, 0.3) is 5.56 Å². The van der Waals surface area contributed by atoms with Crippen LogP contribution in [0, 0.1) is 5.41 Å². The summed E-state index contributed by atoms with van der Waals surface area (Å²) in [5.74, 6) is 0.699. The molecule has 2 aliphatic rings. The number of hydrogen-bond acceptors (Lipinski definition) is 5. The maximum absolute atomic E-state index is 13.2. The Bertz CT molecular complexity index is 1060. The second-order valence-electron chi connectivity index (χ2n) is 8.29. The number of hydrogen-bond donors (Lipinski definition) is 2. The summed E-state index contributed by atoms with van der Waals surface area (Å²) in [4.78, 5) is 20.1. The summed E-state index contributed by atoms with van der Waals surface area (Å²) in [6.07, 6.45) is 5.74. The predicted octanol–water partition coefficient (Wildman–Crippen LogP) is 2.42. The Morgan fingerprint density at radius 3 is 2.61 bits per heavy atom. The number of H-pyrrole nitrogens is 1. The van der Waals surface area contributed by atoms with E-state index in [4.69, 9.17) is 10.7 Å². The average Bonchev–Trinajstić information content (AvgIpc) is 3.30. The van der Waals surface area contributed by atoms with Gasteiger partial charge in [0.1, 0.15) is 5.39 Å². The summed E-state index contributed by atoms with van der Waals surface area (Å²) in [6, 6.07) is 10.1. The van der Waals surface area contributed by atoms with E-state index in [0.29, 0.717) is 23.0 Å². The molecule has 1 saturated heterocycles. The van der Waals surface area contributed by atoms with Crippen LogP contribution in [0.15, 0.2) is 35.1 Å². The fourth-order valence-electron chi connectivity index (χ4n) is 5.08. The number of rotatable bonds is 2. The quantitative estimate of drug-likeness (QED) is 0.714. The zero-order chi connectivity index (χ0) is 19.3. The minimum absolute atomic E-state index is 0.0644. The van der Waals surface area contributed by atoms with Crippen LogP contribution < -0.4 is 16.2 Å². The van der Waals surface area contributed by atoms with Gasteiger partial charge in [0.2, 0.25) is 5.95 Å². The molecule has 0 bridgehead atoms. The second kappa shape index (κ2) is 6.44. The van der Waals surface area contributed by atoms with E-state index in [2.05, 4.69) is 15.1 Å². The molecule has 146 valence electrons. The van der Waals surface area contributed by atoms with Gasteiger partial charge in [-0.3, -0.25) is 14.5 Å². The lowest BCUT2D eigenvalue weighted by Crippen LogP contribution is -2.48. The molecule has 1 aromatic carbocycles. The van der Waals surface area contributed by atoms with Crippen LogP contribution >= 0.6 is 0 Å². The number of aromatic amines is 1. The molecule has 3 heterocycles. The molecule has 1 atom stereocenters. The molecule has 0 amide bonds. The molecule has 0 radical (unpaired) electrons. The fraction of sp³-hybridized carbons (Fsp3) is 0.476. The van der Waals surface area contributed by atoms with Crippen molar-refractivity contribution in [2.24, 2.45) is 18.2 Å². The van der Waals surface area contributed by atoms with Crippen LogP contribution in [0.4, 0.5) is 5.95 Å². The molecule has 1 unspecified atom stereocenters. The minimum Gasteiger partial charge on any atom is -0.342 e. The smallest absolute Gasteiger partial charge is 0.266 e. The monoisotopic (exact) mass is 378 g/mol. The van der Waals surface area contributed by atoms with E-state index in [1.54, 1.807) is 11.6 Å². The van der Waals surface area contributed by atoms with Crippen LogP contribution in [0.25, 0.3) is 22.3 Å². The molecule has 1 spiro atoms. The molecule has 7 heteroatoms. The normalized spacial score (nSPS) is 21.6. The van der Waals surface area contributed by atoms with Crippen LogP contribution in [-0.2, 0) is 7.05 Å². The number of nitrogens with one attached hydrogen (secondary N) is 1. The van der Waals surface area contributed by atoms with Crippen molar-refractivity contribution in [3.63, 3.8) is 0 Å². The zero-order valence-electron chi connectivity index (χ0n) is 16.2. The second-order valence-corrected chi connectivity index (χ2v) is 8.29. The predicted molar refractivity (Wildman–Crippen MR) is 110 cm³/mol. The summed E-state index contributed by atoms with van der Waals surface area (Å²) in [6.45, 7) is 1.77. The molecule has 2 fully saturated rings. The van der Waals surface area contributed by atoms with E-state index in [9.17, 15) is 4.79 Å². The van der Waals surface area contributed by atoms with Gasteiger partial charge >= 0.3 is 0 Å². The Hall–Kier alpha value is -2.67. The van der Waals surface area contributed by atoms with Crippen LogP contribution in [0.1, 0.15) is 32.1 Å². The minimum atomic E-state index is -0.0644. The average molecular weight is 378 g/mol. The maximum atomic E-state index is 13.2. The lowest BCUT2D eigenvalue weighted by Gasteiger charge is -2.42. The highest BCUT2D eigenvalue weighted by Gasteiger charge is 2.43. The largest absolute Gasteiger partial charge is 0.342 e. The molecule has 3 aromatic rings. The van der Waals surface area contributed by atoms with Gasteiger partial charge in [-0.25, -0.2) is 0 Å². The standard InChI is InChI=1S/C21H26N6O/c1-26-19(28)16-17(14-6-3-2-4-7-14)24-25-18(16)23-20(26)27-12-10-21(11-13-27)9-5-8-15(21)22/h2-4,6-7,15H,5,8-13,22H2,1H3,(H,24,25). The Balaban J connectivity index is 1.50. The SMILES string of the molecule is Cn1c(N2CCC3(CCCC3N)CC2)nc2n[nH]c(-c3ccccc3)c2c1=O. The fourth-order valence-corrected chi connectivity index (χ4v) is 5.08. The zero-order valence-corrected chi connectivity index (χ0v) is 16.2. The number of anilines is 1. The summed E-state index contributed by atoms with van der Waals surface area (Å²) >= 11 is 0. The first-order valence-corrected chi connectivity index (χ1v) is 10.1. The number of aromatic nitrogens is 4. The molecule has 1 saturated carbocycles. The van der Waals surface area contributed by atoms with Gasteiger partial charge in [-0.1, -0.05) is 36.8 Å². The molecular formula is C21H26N6O. The highest BCUT2D eigenvalue weighted by atomic mass is 16.1.